The van der Waals surface area contributed by atoms with Gasteiger partial charge in [-0.3, -0.25) is 4.57 Å². The van der Waals surface area contributed by atoms with Crippen molar-refractivity contribution in [1.29, 1.82) is 0 Å². The molecule has 4 nitrogen and oxygen atoms in total. The number of benzene rings is 2. The van der Waals surface area contributed by atoms with E-state index in [0.29, 0.717) is 0 Å². The van der Waals surface area contributed by atoms with E-state index < -0.39 is 5.97 Å². The van der Waals surface area contributed by atoms with Crippen LogP contribution in [0.1, 0.15) is 5.56 Å². The number of para-hydroxylation sites is 2. The van der Waals surface area contributed by atoms with Crippen LogP contribution in [0.25, 0.3) is 22.8 Å². The average Bonchev–Trinajstić information content (AvgIpc) is 2.89. The van der Waals surface area contributed by atoms with Gasteiger partial charge in [0.15, 0.2) is 0 Å². The van der Waals surface area contributed by atoms with Gasteiger partial charge in [-0.25, -0.2) is 9.78 Å². The Morgan fingerprint density at radius 3 is 2.81 bits per heavy atom. The maximum atomic E-state index is 10.5. The Bertz CT molecular complexity index is 852. The third-order valence-corrected chi connectivity index (χ3v) is 3.74. The zero-order valence-corrected chi connectivity index (χ0v) is 12.5. The molecular formula is C16H11BrN2O2. The Morgan fingerprint density at radius 1 is 1.24 bits per heavy atom. The monoisotopic (exact) mass is 342 g/mol. The molecule has 0 radical (unpaired) electrons. The van der Waals surface area contributed by atoms with E-state index in [1.165, 1.54) is 0 Å². The molecule has 3 rings (SSSR count). The fourth-order valence-corrected chi connectivity index (χ4v) is 2.73. The van der Waals surface area contributed by atoms with Gasteiger partial charge in [0.2, 0.25) is 0 Å². The summed E-state index contributed by atoms with van der Waals surface area (Å²) >= 11 is 3.53. The number of hydrogen-bond acceptors (Lipinski definition) is 2. The molecule has 1 heterocycles. The van der Waals surface area contributed by atoms with E-state index in [0.717, 1.165) is 32.8 Å². The minimum Gasteiger partial charge on any atom is -0.478 e. The van der Waals surface area contributed by atoms with Gasteiger partial charge in [-0.2, -0.15) is 0 Å². The van der Waals surface area contributed by atoms with Crippen molar-refractivity contribution in [3.05, 3.63) is 64.9 Å². The number of carbonyl (C=O) groups is 1. The maximum Gasteiger partial charge on any atom is 0.328 e. The van der Waals surface area contributed by atoms with Crippen molar-refractivity contribution in [2.75, 3.05) is 0 Å². The van der Waals surface area contributed by atoms with Crippen LogP contribution in [0.2, 0.25) is 0 Å². The van der Waals surface area contributed by atoms with Crippen LogP contribution in [0.5, 0.6) is 0 Å². The van der Waals surface area contributed by atoms with Crippen LogP contribution in [-0.2, 0) is 4.79 Å². The highest BCUT2D eigenvalue weighted by Gasteiger charge is 2.07. The molecule has 0 bridgehead atoms. The van der Waals surface area contributed by atoms with Gasteiger partial charge in [0.25, 0.3) is 0 Å². The summed E-state index contributed by atoms with van der Waals surface area (Å²) in [5.41, 5.74) is 3.72. The summed E-state index contributed by atoms with van der Waals surface area (Å²) in [4.78, 5) is 14.9. The summed E-state index contributed by atoms with van der Waals surface area (Å²) < 4.78 is 2.86. The first kappa shape index (κ1) is 13.6. The van der Waals surface area contributed by atoms with Crippen LogP contribution in [0, 0.1) is 0 Å². The predicted molar refractivity (Wildman–Crippen MR) is 85.4 cm³/mol. The average molecular weight is 343 g/mol. The zero-order chi connectivity index (χ0) is 14.8. The second-order valence-corrected chi connectivity index (χ2v) is 5.34. The SMILES string of the molecule is O=C(O)/C=C/c1ccc(-n2cnc3ccccc32)c(Br)c1. The first-order valence-electron chi connectivity index (χ1n) is 6.28. The molecule has 0 fully saturated rings. The minimum absolute atomic E-state index is 0.817. The molecule has 1 N–H and O–H groups in total. The van der Waals surface area contributed by atoms with Gasteiger partial charge in [0.1, 0.15) is 6.33 Å². The molecule has 21 heavy (non-hydrogen) atoms. The van der Waals surface area contributed by atoms with Gasteiger partial charge in [-0.15, -0.1) is 0 Å². The lowest BCUT2D eigenvalue weighted by molar-refractivity contribution is -0.131. The number of rotatable bonds is 3. The number of carboxylic acids is 1. The minimum atomic E-state index is -0.962. The highest BCUT2D eigenvalue weighted by molar-refractivity contribution is 9.10. The summed E-state index contributed by atoms with van der Waals surface area (Å²) in [6.07, 6.45) is 4.45. The summed E-state index contributed by atoms with van der Waals surface area (Å²) in [7, 11) is 0. The molecule has 5 heteroatoms. The summed E-state index contributed by atoms with van der Waals surface area (Å²) in [6.45, 7) is 0. The third kappa shape index (κ3) is 2.73. The van der Waals surface area contributed by atoms with Crippen molar-refractivity contribution < 1.29 is 9.90 Å². The molecule has 0 saturated heterocycles. The molecule has 0 spiro atoms. The molecule has 0 unspecified atom stereocenters. The first-order chi connectivity index (χ1) is 10.1. The maximum absolute atomic E-state index is 10.5. The van der Waals surface area contributed by atoms with Crippen LogP contribution in [0.15, 0.2) is 59.3 Å². The van der Waals surface area contributed by atoms with Gasteiger partial charge < -0.3 is 5.11 Å². The van der Waals surface area contributed by atoms with Crippen molar-refractivity contribution in [3.8, 4) is 5.69 Å². The number of imidazole rings is 1. The summed E-state index contributed by atoms with van der Waals surface area (Å²) in [6, 6.07) is 13.6. The molecular weight excluding hydrogens is 332 g/mol. The number of nitrogens with zero attached hydrogens (tertiary/aromatic N) is 2. The van der Waals surface area contributed by atoms with Crippen molar-refractivity contribution in [1.82, 2.24) is 9.55 Å². The summed E-state index contributed by atoms with van der Waals surface area (Å²) in [5, 5.41) is 8.66. The number of aliphatic carboxylic acids is 1. The highest BCUT2D eigenvalue weighted by Crippen LogP contribution is 2.26. The van der Waals surface area contributed by atoms with Crippen molar-refractivity contribution in [2.24, 2.45) is 0 Å². The van der Waals surface area contributed by atoms with E-state index in [4.69, 9.17) is 5.11 Å². The molecule has 3 aromatic rings. The topological polar surface area (TPSA) is 55.1 Å². The lowest BCUT2D eigenvalue weighted by Gasteiger charge is -2.08. The van der Waals surface area contributed by atoms with Crippen LogP contribution in [0.3, 0.4) is 0 Å². The fraction of sp³-hybridized carbons (Fsp3) is 0. The number of halogens is 1. The molecule has 0 aliphatic heterocycles. The Kier molecular flexibility index (Phi) is 3.58. The number of fused-ring (bicyclic) bond motifs is 1. The number of hydrogen-bond donors (Lipinski definition) is 1. The van der Waals surface area contributed by atoms with E-state index in [2.05, 4.69) is 20.9 Å². The van der Waals surface area contributed by atoms with Crippen molar-refractivity contribution >= 4 is 39.0 Å². The van der Waals surface area contributed by atoms with E-state index in [1.807, 2.05) is 47.0 Å². The second-order valence-electron chi connectivity index (χ2n) is 4.49. The first-order valence-corrected chi connectivity index (χ1v) is 7.07. The van der Waals surface area contributed by atoms with Crippen LogP contribution >= 0.6 is 15.9 Å². The van der Waals surface area contributed by atoms with Gasteiger partial charge in [-0.05, 0) is 51.8 Å². The molecule has 0 amide bonds. The lowest BCUT2D eigenvalue weighted by Crippen LogP contribution is -1.94. The lowest BCUT2D eigenvalue weighted by atomic mass is 10.2. The molecule has 2 aromatic carbocycles. The molecule has 1 aromatic heterocycles. The fourth-order valence-electron chi connectivity index (χ4n) is 2.14. The van der Waals surface area contributed by atoms with Gasteiger partial charge in [0, 0.05) is 10.5 Å². The van der Waals surface area contributed by atoms with Crippen LogP contribution < -0.4 is 0 Å². The normalized spacial score (nSPS) is 11.3. The Hall–Kier alpha value is -2.40. The van der Waals surface area contributed by atoms with Gasteiger partial charge in [-0.1, -0.05) is 18.2 Å². The van der Waals surface area contributed by atoms with E-state index in [1.54, 1.807) is 12.4 Å². The van der Waals surface area contributed by atoms with E-state index >= 15 is 0 Å². The second kappa shape index (κ2) is 5.54. The van der Waals surface area contributed by atoms with Crippen LogP contribution in [0.4, 0.5) is 0 Å². The van der Waals surface area contributed by atoms with Crippen molar-refractivity contribution in [3.63, 3.8) is 0 Å². The standard InChI is InChI=1S/C16H11BrN2O2/c17-12-9-11(6-8-16(20)21)5-7-14(12)19-10-18-13-3-1-2-4-15(13)19/h1-10H,(H,20,21)/b8-6+. The van der Waals surface area contributed by atoms with E-state index in [-0.39, 0.29) is 0 Å². The Balaban J connectivity index is 2.05. The number of carboxylic acid groups (broad SMARTS) is 1. The zero-order valence-electron chi connectivity index (χ0n) is 10.9. The molecule has 104 valence electrons. The smallest absolute Gasteiger partial charge is 0.328 e. The third-order valence-electron chi connectivity index (χ3n) is 3.10. The quantitative estimate of drug-likeness (QED) is 0.734. The molecule has 0 aliphatic carbocycles. The van der Waals surface area contributed by atoms with Crippen molar-refractivity contribution in [2.45, 2.75) is 0 Å². The number of aromatic nitrogens is 2. The Labute approximate surface area is 129 Å². The molecule has 0 saturated carbocycles. The molecule has 0 atom stereocenters. The largest absolute Gasteiger partial charge is 0.478 e. The van der Waals surface area contributed by atoms with Gasteiger partial charge >= 0.3 is 5.97 Å². The van der Waals surface area contributed by atoms with Crippen LogP contribution in [-0.4, -0.2) is 20.6 Å². The highest BCUT2D eigenvalue weighted by atomic mass is 79.9. The summed E-state index contributed by atoms with van der Waals surface area (Å²) in [5.74, 6) is -0.962. The predicted octanol–water partition coefficient (Wildman–Crippen LogP) is 3.89. The Morgan fingerprint density at radius 2 is 2.05 bits per heavy atom. The van der Waals surface area contributed by atoms with Gasteiger partial charge in [0.05, 0.1) is 16.7 Å². The molecule has 0 aliphatic rings. The van der Waals surface area contributed by atoms with E-state index in [9.17, 15) is 4.79 Å².